The van der Waals surface area contributed by atoms with Crippen LogP contribution in [0, 0.1) is 5.92 Å². The molecule has 3 atom stereocenters. The molecule has 134 valence electrons. The number of nitrogens with zero attached hydrogens (tertiary/aromatic N) is 1. The van der Waals surface area contributed by atoms with Gasteiger partial charge in [0.05, 0.1) is 16.4 Å². The smallest absolute Gasteiger partial charge is 0.407 e. The second-order valence-electron chi connectivity index (χ2n) is 7.86. The zero-order valence-electron chi connectivity index (χ0n) is 14.9. The number of hydrogen-bond acceptors (Lipinski definition) is 3. The predicted molar refractivity (Wildman–Crippen MR) is 99.9 cm³/mol. The Labute approximate surface area is 153 Å². The minimum absolute atomic E-state index is 0.000700. The van der Waals surface area contributed by atoms with E-state index in [2.05, 4.69) is 27.8 Å². The number of unbranched alkanes of at least 4 members (excludes halogenated alkanes) is 1. The van der Waals surface area contributed by atoms with Crippen molar-refractivity contribution in [1.29, 1.82) is 0 Å². The van der Waals surface area contributed by atoms with E-state index in [1.807, 2.05) is 19.9 Å². The highest BCUT2D eigenvalue weighted by molar-refractivity contribution is 9.10. The Morgan fingerprint density at radius 1 is 1.46 bits per heavy atom. The van der Waals surface area contributed by atoms with Gasteiger partial charge in [-0.05, 0) is 58.4 Å². The lowest BCUT2D eigenvalue weighted by atomic mass is 9.60. The van der Waals surface area contributed by atoms with Gasteiger partial charge < -0.3 is 9.31 Å². The monoisotopic (exact) mass is 399 g/mol. The Hall–Kier alpha value is -0.165. The number of rotatable bonds is 5. The first-order valence-electron chi connectivity index (χ1n) is 9.15. The highest BCUT2D eigenvalue weighted by Crippen LogP contribution is 2.46. The van der Waals surface area contributed by atoms with E-state index in [-0.39, 0.29) is 17.3 Å². The van der Waals surface area contributed by atoms with Crippen molar-refractivity contribution < 1.29 is 13.7 Å². The fourth-order valence-corrected chi connectivity index (χ4v) is 4.86. The Balaban J connectivity index is 1.84. The summed E-state index contributed by atoms with van der Waals surface area (Å²) in [6, 6.07) is 0.322. The van der Waals surface area contributed by atoms with E-state index < -0.39 is 11.3 Å². The third-order valence-electron chi connectivity index (χ3n) is 5.34. The first-order chi connectivity index (χ1) is 11.4. The summed E-state index contributed by atoms with van der Waals surface area (Å²) >= 11 is 3.90. The second-order valence-corrected chi connectivity index (χ2v) is 9.23. The van der Waals surface area contributed by atoms with Crippen molar-refractivity contribution in [2.24, 2.45) is 5.92 Å². The summed E-state index contributed by atoms with van der Waals surface area (Å²) < 4.78 is 25.7. The molecule has 0 aromatic carbocycles. The molecule has 3 unspecified atom stereocenters. The van der Waals surface area contributed by atoms with E-state index in [1.54, 1.807) is 6.08 Å². The van der Waals surface area contributed by atoms with Crippen molar-refractivity contribution in [3.05, 3.63) is 24.1 Å². The summed E-state index contributed by atoms with van der Waals surface area (Å²) in [7, 11) is -0.397. The van der Waals surface area contributed by atoms with Crippen molar-refractivity contribution in [2.45, 2.75) is 62.3 Å². The third kappa shape index (κ3) is 3.67. The van der Waals surface area contributed by atoms with E-state index in [9.17, 15) is 4.39 Å². The van der Waals surface area contributed by atoms with Gasteiger partial charge in [0, 0.05) is 12.0 Å². The van der Waals surface area contributed by atoms with Gasteiger partial charge in [-0.3, -0.25) is 4.90 Å². The molecule has 6 heteroatoms. The predicted octanol–water partition coefficient (Wildman–Crippen LogP) is 4.28. The molecule has 3 aliphatic rings. The second kappa shape index (κ2) is 7.22. The van der Waals surface area contributed by atoms with Crippen LogP contribution in [0.3, 0.4) is 0 Å². The minimum atomic E-state index is -0.518. The zero-order valence-corrected chi connectivity index (χ0v) is 16.5. The average Bonchev–Trinajstić information content (AvgIpc) is 3.14. The Kier molecular flexibility index (Phi) is 5.60. The van der Waals surface area contributed by atoms with Crippen LogP contribution in [0.25, 0.3) is 0 Å². The van der Waals surface area contributed by atoms with Gasteiger partial charge in [-0.25, -0.2) is 4.39 Å². The summed E-state index contributed by atoms with van der Waals surface area (Å²) in [5.74, 6) is -0.157. The third-order valence-corrected chi connectivity index (χ3v) is 6.51. The van der Waals surface area contributed by atoms with Crippen LogP contribution in [-0.2, 0) is 9.31 Å². The molecule has 0 bridgehead atoms. The molecule has 3 nitrogen and oxygen atoms in total. The van der Waals surface area contributed by atoms with Crippen LogP contribution in [-0.4, -0.2) is 47.6 Å². The van der Waals surface area contributed by atoms with Crippen LogP contribution in [0.4, 0.5) is 4.39 Å². The zero-order chi connectivity index (χ0) is 17.4. The van der Waals surface area contributed by atoms with Crippen molar-refractivity contribution in [3.8, 4) is 0 Å². The van der Waals surface area contributed by atoms with E-state index in [0.29, 0.717) is 12.6 Å². The molecule has 0 aromatic heterocycles. The van der Waals surface area contributed by atoms with Crippen LogP contribution in [0.2, 0.25) is 0 Å². The van der Waals surface area contributed by atoms with Crippen molar-refractivity contribution in [3.63, 3.8) is 0 Å². The van der Waals surface area contributed by atoms with Crippen LogP contribution in [0.5, 0.6) is 0 Å². The van der Waals surface area contributed by atoms with Gasteiger partial charge in [-0.1, -0.05) is 35.4 Å². The number of hydrogen-bond donors (Lipinski definition) is 0. The first-order valence-corrected chi connectivity index (χ1v) is 9.94. The highest BCUT2D eigenvalue weighted by atomic mass is 79.9. The van der Waals surface area contributed by atoms with E-state index in [0.717, 1.165) is 19.5 Å². The molecular formula is C18H28BBrFNO2. The maximum absolute atomic E-state index is 14.1. The van der Waals surface area contributed by atoms with Gasteiger partial charge in [0.25, 0.3) is 0 Å². The maximum atomic E-state index is 14.1. The fraction of sp³-hybridized carbons (Fsp3) is 0.778. The molecule has 0 aromatic rings. The molecule has 0 spiro atoms. The standard InChI is InChI=1S/C18H28BBrFNO2/c1-4-5-10-22-11-6-7-16(22)15-12-14(21)8-9-18(15,20)19-23-13-17(2,3)24-19/h8-9,12,15-16H,4-7,10-11,13H2,1-3H3. The Morgan fingerprint density at radius 2 is 2.25 bits per heavy atom. The number of likely N-dealkylation sites (tertiary alicyclic amines) is 1. The summed E-state index contributed by atoms with van der Waals surface area (Å²) in [6.07, 6.45) is 9.83. The van der Waals surface area contributed by atoms with Gasteiger partial charge in [-0.2, -0.15) is 0 Å². The molecule has 2 heterocycles. The molecule has 2 saturated heterocycles. The van der Waals surface area contributed by atoms with Gasteiger partial charge in [0.1, 0.15) is 5.83 Å². The molecule has 0 amide bonds. The van der Waals surface area contributed by atoms with Gasteiger partial charge in [-0.15, -0.1) is 0 Å². The topological polar surface area (TPSA) is 21.7 Å². The van der Waals surface area contributed by atoms with Crippen molar-refractivity contribution >= 4 is 23.0 Å². The molecule has 1 aliphatic carbocycles. The fourth-order valence-electron chi connectivity index (χ4n) is 4.06. The minimum Gasteiger partial charge on any atom is -0.407 e. The number of alkyl halides is 1. The van der Waals surface area contributed by atoms with Crippen molar-refractivity contribution in [1.82, 2.24) is 4.90 Å². The lowest BCUT2D eigenvalue weighted by molar-refractivity contribution is 0.132. The molecule has 3 rings (SSSR count). The quantitative estimate of drug-likeness (QED) is 0.508. The van der Waals surface area contributed by atoms with Crippen LogP contribution in [0.1, 0.15) is 46.5 Å². The molecule has 2 fully saturated rings. The summed E-state index contributed by atoms with van der Waals surface area (Å²) in [6.45, 7) is 9.01. The van der Waals surface area contributed by atoms with E-state index >= 15 is 0 Å². The van der Waals surface area contributed by atoms with Crippen LogP contribution >= 0.6 is 15.9 Å². The van der Waals surface area contributed by atoms with Gasteiger partial charge >= 0.3 is 7.12 Å². The number of halogens is 2. The average molecular weight is 400 g/mol. The number of allylic oxidation sites excluding steroid dienone is 3. The molecule has 0 saturated carbocycles. The van der Waals surface area contributed by atoms with Crippen LogP contribution in [0.15, 0.2) is 24.1 Å². The Bertz CT molecular complexity index is 527. The highest BCUT2D eigenvalue weighted by Gasteiger charge is 2.57. The normalized spacial score (nSPS) is 36.4. The molecule has 2 aliphatic heterocycles. The molecule has 24 heavy (non-hydrogen) atoms. The summed E-state index contributed by atoms with van der Waals surface area (Å²) in [4.78, 5) is 2.52. The van der Waals surface area contributed by atoms with E-state index in [1.165, 1.54) is 25.3 Å². The van der Waals surface area contributed by atoms with Gasteiger partial charge in [0.2, 0.25) is 0 Å². The van der Waals surface area contributed by atoms with Crippen LogP contribution < -0.4 is 0 Å². The lowest BCUT2D eigenvalue weighted by Crippen LogP contribution is -2.54. The summed E-state index contributed by atoms with van der Waals surface area (Å²) in [5.41, 5.74) is -0.304. The Morgan fingerprint density at radius 3 is 2.92 bits per heavy atom. The first kappa shape index (κ1) is 18.6. The maximum Gasteiger partial charge on any atom is 0.480 e. The van der Waals surface area contributed by atoms with Crippen molar-refractivity contribution in [2.75, 3.05) is 19.7 Å². The van der Waals surface area contributed by atoms with E-state index in [4.69, 9.17) is 9.31 Å². The summed E-state index contributed by atoms with van der Waals surface area (Å²) in [5, 5.41) is 0. The largest absolute Gasteiger partial charge is 0.480 e. The molecule has 0 radical (unpaired) electrons. The lowest BCUT2D eigenvalue weighted by Gasteiger charge is -2.41. The SMILES string of the molecule is CCCCN1CCCC1C1C=C(F)C=CC1(Br)B1OCC(C)(C)O1. The molecule has 0 N–H and O–H groups in total. The van der Waals surface area contributed by atoms with Gasteiger partial charge in [0.15, 0.2) is 0 Å². The molecular weight excluding hydrogens is 372 g/mol.